The van der Waals surface area contributed by atoms with Crippen LogP contribution in [0, 0.1) is 5.92 Å². The second kappa shape index (κ2) is 6.93. The predicted molar refractivity (Wildman–Crippen MR) is 81.5 cm³/mol. The van der Waals surface area contributed by atoms with Crippen molar-refractivity contribution < 1.29 is 19.1 Å². The molecule has 5 nitrogen and oxygen atoms in total. The SMILES string of the molecule is CCOC(=O)CC1CCc2c(sc(N)c2C(=O)OCC)C1. The van der Waals surface area contributed by atoms with E-state index in [-0.39, 0.29) is 17.9 Å². The molecule has 0 saturated heterocycles. The van der Waals surface area contributed by atoms with E-state index in [2.05, 4.69) is 0 Å². The zero-order valence-electron chi connectivity index (χ0n) is 12.4. The lowest BCUT2D eigenvalue weighted by molar-refractivity contribution is -0.144. The number of rotatable bonds is 5. The van der Waals surface area contributed by atoms with Crippen LogP contribution >= 0.6 is 11.3 Å². The van der Waals surface area contributed by atoms with E-state index in [0.717, 1.165) is 29.7 Å². The fraction of sp³-hybridized carbons (Fsp3) is 0.600. The van der Waals surface area contributed by atoms with Crippen molar-refractivity contribution in [2.75, 3.05) is 18.9 Å². The van der Waals surface area contributed by atoms with Crippen LogP contribution in [-0.2, 0) is 27.1 Å². The molecule has 116 valence electrons. The molecule has 1 aromatic heterocycles. The topological polar surface area (TPSA) is 78.6 Å². The highest BCUT2D eigenvalue weighted by molar-refractivity contribution is 7.16. The van der Waals surface area contributed by atoms with Gasteiger partial charge in [0.05, 0.1) is 18.8 Å². The van der Waals surface area contributed by atoms with E-state index in [1.165, 1.54) is 11.3 Å². The third-order valence-electron chi connectivity index (χ3n) is 3.63. The number of hydrogen-bond donors (Lipinski definition) is 1. The Morgan fingerprint density at radius 2 is 2.00 bits per heavy atom. The summed E-state index contributed by atoms with van der Waals surface area (Å²) in [4.78, 5) is 24.7. The summed E-state index contributed by atoms with van der Waals surface area (Å²) in [5.41, 5.74) is 7.52. The van der Waals surface area contributed by atoms with Crippen molar-refractivity contribution in [2.24, 2.45) is 5.92 Å². The Morgan fingerprint density at radius 1 is 1.29 bits per heavy atom. The van der Waals surface area contributed by atoms with Crippen LogP contribution in [0.4, 0.5) is 5.00 Å². The van der Waals surface area contributed by atoms with Crippen molar-refractivity contribution in [3.63, 3.8) is 0 Å². The minimum absolute atomic E-state index is 0.152. The average Bonchev–Trinajstić information content (AvgIpc) is 2.74. The predicted octanol–water partition coefficient (Wildman–Crippen LogP) is 2.57. The lowest BCUT2D eigenvalue weighted by Crippen LogP contribution is -2.19. The van der Waals surface area contributed by atoms with Crippen molar-refractivity contribution in [3.05, 3.63) is 16.0 Å². The van der Waals surface area contributed by atoms with E-state index in [9.17, 15) is 9.59 Å². The summed E-state index contributed by atoms with van der Waals surface area (Å²) < 4.78 is 10.1. The molecule has 0 bridgehead atoms. The van der Waals surface area contributed by atoms with Gasteiger partial charge in [-0.25, -0.2) is 4.79 Å². The molecule has 0 aromatic carbocycles. The largest absolute Gasteiger partial charge is 0.466 e. The van der Waals surface area contributed by atoms with Gasteiger partial charge < -0.3 is 15.2 Å². The van der Waals surface area contributed by atoms with Gasteiger partial charge in [-0.15, -0.1) is 11.3 Å². The molecule has 0 amide bonds. The zero-order valence-corrected chi connectivity index (χ0v) is 13.3. The lowest BCUT2D eigenvalue weighted by atomic mass is 9.85. The number of anilines is 1. The van der Waals surface area contributed by atoms with Gasteiger partial charge in [0.15, 0.2) is 0 Å². The molecule has 6 heteroatoms. The average molecular weight is 311 g/mol. The normalized spacial score (nSPS) is 17.1. The number of esters is 2. The molecule has 21 heavy (non-hydrogen) atoms. The van der Waals surface area contributed by atoms with E-state index in [4.69, 9.17) is 15.2 Å². The summed E-state index contributed by atoms with van der Waals surface area (Å²) in [5.74, 6) is -0.220. The first-order valence-electron chi connectivity index (χ1n) is 7.29. The van der Waals surface area contributed by atoms with E-state index in [0.29, 0.717) is 30.2 Å². The molecule has 0 aliphatic heterocycles. The van der Waals surface area contributed by atoms with Gasteiger partial charge >= 0.3 is 11.9 Å². The minimum Gasteiger partial charge on any atom is -0.466 e. The lowest BCUT2D eigenvalue weighted by Gasteiger charge is -2.21. The molecule has 1 aliphatic rings. The number of fused-ring (bicyclic) bond motifs is 1. The van der Waals surface area contributed by atoms with E-state index in [1.807, 2.05) is 6.92 Å². The Labute approximate surface area is 128 Å². The van der Waals surface area contributed by atoms with Crippen LogP contribution in [0.15, 0.2) is 0 Å². The standard InChI is InChI=1S/C15H21NO4S/c1-3-19-12(17)8-9-5-6-10-11(7-9)21-14(16)13(10)15(18)20-4-2/h9H,3-8,16H2,1-2H3. The third-order valence-corrected chi connectivity index (χ3v) is 4.72. The quantitative estimate of drug-likeness (QED) is 0.846. The molecule has 0 fully saturated rings. The van der Waals surface area contributed by atoms with Crippen molar-refractivity contribution in [2.45, 2.75) is 39.5 Å². The van der Waals surface area contributed by atoms with Gasteiger partial charge in [-0.2, -0.15) is 0 Å². The van der Waals surface area contributed by atoms with Crippen LogP contribution in [0.2, 0.25) is 0 Å². The first-order chi connectivity index (χ1) is 10.1. The molecule has 0 spiro atoms. The van der Waals surface area contributed by atoms with Crippen LogP contribution in [0.3, 0.4) is 0 Å². The van der Waals surface area contributed by atoms with Gasteiger partial charge in [-0.05, 0) is 44.6 Å². The van der Waals surface area contributed by atoms with Crippen LogP contribution in [0.5, 0.6) is 0 Å². The molecule has 2 N–H and O–H groups in total. The van der Waals surface area contributed by atoms with Crippen LogP contribution in [-0.4, -0.2) is 25.2 Å². The van der Waals surface area contributed by atoms with E-state index < -0.39 is 0 Å². The first kappa shape index (κ1) is 15.8. The Kier molecular flexibility index (Phi) is 5.22. The number of nitrogens with two attached hydrogens (primary N) is 1. The number of thiophene rings is 1. The number of carbonyl (C=O) groups excluding carboxylic acids is 2. The molecular weight excluding hydrogens is 290 g/mol. The summed E-state index contributed by atoms with van der Waals surface area (Å²) >= 11 is 1.44. The van der Waals surface area contributed by atoms with E-state index in [1.54, 1.807) is 6.92 Å². The van der Waals surface area contributed by atoms with Crippen LogP contribution in [0.1, 0.15) is 47.5 Å². The zero-order chi connectivity index (χ0) is 15.4. The van der Waals surface area contributed by atoms with Crippen LogP contribution in [0.25, 0.3) is 0 Å². The second-order valence-corrected chi connectivity index (χ2v) is 6.22. The van der Waals surface area contributed by atoms with Crippen molar-refractivity contribution >= 4 is 28.3 Å². The van der Waals surface area contributed by atoms with Crippen LogP contribution < -0.4 is 5.73 Å². The molecule has 1 aromatic rings. The highest BCUT2D eigenvalue weighted by atomic mass is 32.1. The summed E-state index contributed by atoms with van der Waals surface area (Å²) in [7, 11) is 0. The van der Waals surface area contributed by atoms with Crippen molar-refractivity contribution in [3.8, 4) is 0 Å². The Balaban J connectivity index is 2.11. The summed E-state index contributed by atoms with van der Waals surface area (Å²) in [6.07, 6.45) is 2.85. The monoisotopic (exact) mass is 311 g/mol. The van der Waals surface area contributed by atoms with Crippen molar-refractivity contribution in [1.82, 2.24) is 0 Å². The fourth-order valence-electron chi connectivity index (χ4n) is 2.73. The molecule has 1 atom stereocenters. The van der Waals surface area contributed by atoms with Gasteiger partial charge in [-0.1, -0.05) is 0 Å². The van der Waals surface area contributed by atoms with Gasteiger partial charge in [0.2, 0.25) is 0 Å². The van der Waals surface area contributed by atoms with E-state index >= 15 is 0 Å². The molecule has 0 radical (unpaired) electrons. The maximum Gasteiger partial charge on any atom is 0.341 e. The third kappa shape index (κ3) is 3.56. The number of nitrogen functional groups attached to an aromatic ring is 1. The fourth-order valence-corrected chi connectivity index (χ4v) is 3.95. The molecular formula is C15H21NO4S. The molecule has 1 heterocycles. The summed E-state index contributed by atoms with van der Waals surface area (Å²) in [6, 6.07) is 0. The van der Waals surface area contributed by atoms with Gasteiger partial charge in [0.1, 0.15) is 5.00 Å². The number of carbonyl (C=O) groups is 2. The maximum atomic E-state index is 12.0. The Morgan fingerprint density at radius 3 is 2.67 bits per heavy atom. The smallest absolute Gasteiger partial charge is 0.341 e. The maximum absolute atomic E-state index is 12.0. The second-order valence-electron chi connectivity index (χ2n) is 5.08. The van der Waals surface area contributed by atoms with Gasteiger partial charge in [0.25, 0.3) is 0 Å². The highest BCUT2D eigenvalue weighted by Crippen LogP contribution is 2.39. The van der Waals surface area contributed by atoms with Gasteiger partial charge in [-0.3, -0.25) is 4.79 Å². The van der Waals surface area contributed by atoms with Gasteiger partial charge in [0, 0.05) is 11.3 Å². The summed E-state index contributed by atoms with van der Waals surface area (Å²) in [6.45, 7) is 4.34. The Hall–Kier alpha value is -1.56. The molecule has 1 unspecified atom stereocenters. The molecule has 2 rings (SSSR count). The number of hydrogen-bond acceptors (Lipinski definition) is 6. The summed E-state index contributed by atoms with van der Waals surface area (Å²) in [5, 5.41) is 0.523. The van der Waals surface area contributed by atoms with Crippen molar-refractivity contribution in [1.29, 1.82) is 0 Å². The number of ether oxygens (including phenoxy) is 2. The highest BCUT2D eigenvalue weighted by Gasteiger charge is 2.29. The Bertz CT molecular complexity index is 538. The first-order valence-corrected chi connectivity index (χ1v) is 8.11. The minimum atomic E-state index is -0.337. The molecule has 0 saturated carbocycles. The molecule has 1 aliphatic carbocycles.